The van der Waals surface area contributed by atoms with Crippen molar-refractivity contribution >= 4 is 24.7 Å². The third-order valence-corrected chi connectivity index (χ3v) is 0.524. The fourth-order valence-corrected chi connectivity index (χ4v) is 0. The topological polar surface area (TPSA) is 129 Å². The summed E-state index contributed by atoms with van der Waals surface area (Å²) in [6.45, 7) is 12.1. The molecule has 100 valence electrons. The van der Waals surface area contributed by atoms with Crippen LogP contribution in [0.2, 0.25) is 0 Å². The minimum atomic E-state index is -0.981. The molecule has 3 N–H and O–H groups in total. The Morgan fingerprint density at radius 2 is 0.778 bits per heavy atom. The molecule has 0 aromatic carbocycles. The van der Waals surface area contributed by atoms with Gasteiger partial charge in [0.2, 0.25) is 0 Å². The standard InChI is InChI=1S/3C3H4O2.CHO.Ti/c3*1-2-3(4)5;1-2;/h3*2H,1H2,(H,4,5);1H;/q;;;-1;. The Hall–Kier alpha value is -1.99. The van der Waals surface area contributed by atoms with Gasteiger partial charge in [-0.2, -0.15) is 0 Å². The normalized spacial score (nSPS) is 5.56. The molecule has 0 spiro atoms. The summed E-state index contributed by atoms with van der Waals surface area (Å²) in [5, 5.41) is 22.8. The van der Waals surface area contributed by atoms with Crippen LogP contribution in [0.1, 0.15) is 0 Å². The predicted octanol–water partition coefficient (Wildman–Crippen LogP) is 0.494. The number of carboxylic acid groups (broad SMARTS) is 3. The molecule has 18 heavy (non-hydrogen) atoms. The minimum absolute atomic E-state index is 0. The molecule has 0 heterocycles. The van der Waals surface area contributed by atoms with Gasteiger partial charge < -0.3 is 20.1 Å². The molecule has 0 bridgehead atoms. The third kappa shape index (κ3) is 147. The second-order valence-electron chi connectivity index (χ2n) is 1.63. The number of carboxylic acids is 3. The molecule has 8 heteroatoms. The van der Waals surface area contributed by atoms with Gasteiger partial charge in [0, 0.05) is 39.9 Å². The summed E-state index contributed by atoms with van der Waals surface area (Å²) < 4.78 is 0. The number of hydrogen-bond acceptors (Lipinski definition) is 4. The summed E-state index contributed by atoms with van der Waals surface area (Å²) in [4.78, 5) is 35.5. The number of aliphatic carboxylic acids is 3. The first-order valence-electron chi connectivity index (χ1n) is 3.61. The van der Waals surface area contributed by atoms with E-state index in [4.69, 9.17) is 20.1 Å². The summed E-state index contributed by atoms with van der Waals surface area (Å²) in [6, 6.07) is 0. The quantitative estimate of drug-likeness (QED) is 0.299. The van der Waals surface area contributed by atoms with Gasteiger partial charge in [-0.1, -0.05) is 19.7 Å². The van der Waals surface area contributed by atoms with Gasteiger partial charge in [-0.05, 0) is 0 Å². The molecule has 0 rings (SSSR count). The monoisotopic (exact) mass is 293 g/mol. The molecule has 0 amide bonds. The van der Waals surface area contributed by atoms with Crippen molar-refractivity contribution in [2.45, 2.75) is 0 Å². The maximum Gasteiger partial charge on any atom is 0.327 e. The van der Waals surface area contributed by atoms with E-state index in [0.29, 0.717) is 0 Å². The van der Waals surface area contributed by atoms with E-state index in [2.05, 4.69) is 26.5 Å². The van der Waals surface area contributed by atoms with Crippen molar-refractivity contribution in [2.24, 2.45) is 0 Å². The SMILES string of the molecule is C=CC(=O)O.C=CC(=O)O.C=CC(=O)O.[CH-]=O.[Ti]. The molecule has 0 saturated heterocycles. The van der Waals surface area contributed by atoms with Crippen LogP contribution in [0, 0.1) is 0 Å². The van der Waals surface area contributed by atoms with Crippen LogP contribution in [-0.2, 0) is 40.9 Å². The number of carbonyl (C=O) groups is 3. The van der Waals surface area contributed by atoms with Crippen molar-refractivity contribution in [1.29, 1.82) is 0 Å². The van der Waals surface area contributed by atoms with Crippen LogP contribution in [0.4, 0.5) is 0 Å². The van der Waals surface area contributed by atoms with E-state index in [-0.39, 0.29) is 21.7 Å². The third-order valence-electron chi connectivity index (χ3n) is 0.524. The van der Waals surface area contributed by atoms with Crippen LogP contribution in [-0.4, -0.2) is 40.0 Å². The smallest absolute Gasteiger partial charge is 0.327 e. The number of carbonyl (C=O) groups excluding carboxylic acids is 1. The average molecular weight is 293 g/mol. The molecule has 0 fully saturated rings. The Morgan fingerprint density at radius 3 is 0.778 bits per heavy atom. The molecule has 0 aromatic rings. The summed E-state index contributed by atoms with van der Waals surface area (Å²) >= 11 is 0. The van der Waals surface area contributed by atoms with Crippen LogP contribution in [0.15, 0.2) is 38.0 Å². The van der Waals surface area contributed by atoms with Crippen LogP contribution < -0.4 is 0 Å². The van der Waals surface area contributed by atoms with Gasteiger partial charge in [0.25, 0.3) is 0 Å². The summed E-state index contributed by atoms with van der Waals surface area (Å²) in [7, 11) is 0. The molecule has 0 radical (unpaired) electrons. The second-order valence-corrected chi connectivity index (χ2v) is 1.63. The fourth-order valence-electron chi connectivity index (χ4n) is 0. The molecule has 0 atom stereocenters. The Kier molecular flexibility index (Phi) is 48.6. The van der Waals surface area contributed by atoms with Gasteiger partial charge in [0.15, 0.2) is 0 Å². The van der Waals surface area contributed by atoms with Crippen molar-refractivity contribution in [3.63, 3.8) is 0 Å². The van der Waals surface area contributed by atoms with E-state index in [1.54, 1.807) is 0 Å². The van der Waals surface area contributed by atoms with E-state index in [0.717, 1.165) is 18.2 Å². The Morgan fingerprint density at radius 1 is 0.722 bits per heavy atom. The molecule has 0 saturated carbocycles. The minimum Gasteiger partial charge on any atom is -0.545 e. The zero-order valence-corrected chi connectivity index (χ0v) is 11.0. The molecule has 0 aromatic heterocycles. The Balaban J connectivity index is -0.0000000427. The van der Waals surface area contributed by atoms with Crippen molar-refractivity contribution in [2.75, 3.05) is 0 Å². The van der Waals surface area contributed by atoms with Crippen molar-refractivity contribution in [1.82, 2.24) is 0 Å². The van der Waals surface area contributed by atoms with E-state index < -0.39 is 17.9 Å². The van der Waals surface area contributed by atoms with Crippen molar-refractivity contribution in [3.05, 3.63) is 38.0 Å². The Bertz CT molecular complexity index is 231. The van der Waals surface area contributed by atoms with Crippen LogP contribution >= 0.6 is 0 Å². The zero-order chi connectivity index (χ0) is 14.9. The fraction of sp³-hybridized carbons (Fsp3) is 0. The molecule has 0 unspecified atom stereocenters. The molecular weight excluding hydrogens is 280 g/mol. The maximum absolute atomic E-state index is 9.25. The van der Waals surface area contributed by atoms with Crippen LogP contribution in [0.3, 0.4) is 0 Å². The first-order valence-corrected chi connectivity index (χ1v) is 3.61. The zero-order valence-electron chi connectivity index (χ0n) is 9.41. The van der Waals surface area contributed by atoms with Gasteiger partial charge in [-0.25, -0.2) is 14.4 Å². The largest absolute Gasteiger partial charge is 0.545 e. The summed E-state index contributed by atoms with van der Waals surface area (Å²) in [6.07, 6.45) is 2.50. The van der Waals surface area contributed by atoms with E-state index >= 15 is 0 Å². The van der Waals surface area contributed by atoms with E-state index in [9.17, 15) is 14.4 Å². The van der Waals surface area contributed by atoms with Gasteiger partial charge >= 0.3 is 17.9 Å². The molecule has 0 aliphatic carbocycles. The van der Waals surface area contributed by atoms with Gasteiger partial charge in [0.1, 0.15) is 0 Å². The predicted molar refractivity (Wildman–Crippen MR) is 60.2 cm³/mol. The van der Waals surface area contributed by atoms with Crippen molar-refractivity contribution in [3.8, 4) is 0 Å². The van der Waals surface area contributed by atoms with Crippen LogP contribution in [0.25, 0.3) is 0 Å². The van der Waals surface area contributed by atoms with E-state index in [1.165, 1.54) is 0 Å². The summed E-state index contributed by atoms with van der Waals surface area (Å²) in [5.41, 5.74) is 0. The molecular formula is C10H13O7Ti-. The number of rotatable bonds is 3. The van der Waals surface area contributed by atoms with Crippen LogP contribution in [0.5, 0.6) is 0 Å². The second kappa shape index (κ2) is 29.4. The van der Waals surface area contributed by atoms with Gasteiger partial charge in [-0.15, -0.1) is 0 Å². The molecule has 0 aliphatic heterocycles. The summed E-state index contributed by atoms with van der Waals surface area (Å²) in [5.74, 6) is -2.94. The van der Waals surface area contributed by atoms with Gasteiger partial charge in [-0.3, -0.25) is 6.79 Å². The maximum atomic E-state index is 9.25. The first kappa shape index (κ1) is 29.8. The molecule has 0 aliphatic rings. The average Bonchev–Trinajstić information content (AvgIpc) is 2.32. The number of hydrogen-bond donors (Lipinski definition) is 3. The first-order chi connectivity index (χ1) is 7.81. The van der Waals surface area contributed by atoms with Crippen molar-refractivity contribution < 1.29 is 56.2 Å². The molecule has 7 nitrogen and oxygen atoms in total. The van der Waals surface area contributed by atoms with E-state index in [1.807, 2.05) is 0 Å². The van der Waals surface area contributed by atoms with Gasteiger partial charge in [0.05, 0.1) is 0 Å². The Labute approximate surface area is 119 Å².